The summed E-state index contributed by atoms with van der Waals surface area (Å²) in [6, 6.07) is 17.2. The van der Waals surface area contributed by atoms with Crippen LogP contribution in [-0.4, -0.2) is 21.9 Å². The second-order valence-corrected chi connectivity index (χ2v) is 6.16. The van der Waals surface area contributed by atoms with Crippen molar-refractivity contribution in [2.75, 3.05) is 12.4 Å². The first-order valence-electron chi connectivity index (χ1n) is 8.11. The molecule has 0 spiro atoms. The normalized spacial score (nSPS) is 19.4. The fourth-order valence-electron chi connectivity index (χ4n) is 3.26. The van der Waals surface area contributed by atoms with Crippen molar-refractivity contribution in [2.45, 2.75) is 25.4 Å². The Labute approximate surface area is 141 Å². The van der Waals surface area contributed by atoms with Gasteiger partial charge in [0.25, 0.3) is 0 Å². The third-order valence-corrected chi connectivity index (χ3v) is 4.59. The molecular weight excluding hydrogens is 300 g/mol. The zero-order valence-corrected chi connectivity index (χ0v) is 13.8. The number of benzene rings is 2. The van der Waals surface area contributed by atoms with Crippen LogP contribution in [0.15, 0.2) is 54.9 Å². The van der Waals surface area contributed by atoms with Gasteiger partial charge in [0.15, 0.2) is 0 Å². The number of aryl methyl sites for hydroxylation is 1. The molecule has 5 nitrogen and oxygen atoms in total. The minimum Gasteiger partial charge on any atom is -0.497 e. The Bertz CT molecular complexity index is 841. The van der Waals surface area contributed by atoms with Gasteiger partial charge < -0.3 is 10.1 Å². The van der Waals surface area contributed by atoms with Crippen molar-refractivity contribution in [2.24, 2.45) is 0 Å². The molecule has 0 saturated heterocycles. The van der Waals surface area contributed by atoms with E-state index in [-0.39, 0.29) is 12.1 Å². The molecule has 1 aliphatic heterocycles. The van der Waals surface area contributed by atoms with Gasteiger partial charge in [-0.2, -0.15) is 10.1 Å². The maximum atomic E-state index is 5.36. The fraction of sp³-hybridized carbons (Fsp3) is 0.263. The van der Waals surface area contributed by atoms with Gasteiger partial charge >= 0.3 is 0 Å². The number of fused-ring (bicyclic) bond motifs is 1. The highest BCUT2D eigenvalue weighted by molar-refractivity contribution is 5.40. The molecule has 1 aromatic heterocycles. The molecule has 2 aromatic carbocycles. The molecule has 0 amide bonds. The highest BCUT2D eigenvalue weighted by atomic mass is 16.5. The van der Waals surface area contributed by atoms with E-state index in [1.54, 1.807) is 13.4 Å². The van der Waals surface area contributed by atoms with Gasteiger partial charge in [0.2, 0.25) is 5.95 Å². The summed E-state index contributed by atoms with van der Waals surface area (Å²) < 4.78 is 7.34. The highest BCUT2D eigenvalue weighted by Gasteiger charge is 2.29. The van der Waals surface area contributed by atoms with Crippen LogP contribution in [0.5, 0.6) is 5.75 Å². The molecular formula is C19H20N4O. The first kappa shape index (κ1) is 14.8. The van der Waals surface area contributed by atoms with Crippen LogP contribution >= 0.6 is 0 Å². The molecule has 0 aliphatic carbocycles. The lowest BCUT2D eigenvalue weighted by Gasteiger charge is -2.32. The number of hydrogen-bond donors (Lipinski definition) is 1. The summed E-state index contributed by atoms with van der Waals surface area (Å²) in [5, 5.41) is 7.91. The van der Waals surface area contributed by atoms with Crippen LogP contribution in [0.3, 0.4) is 0 Å². The van der Waals surface area contributed by atoms with E-state index in [0.29, 0.717) is 0 Å². The lowest BCUT2D eigenvalue weighted by Crippen LogP contribution is -2.28. The molecule has 0 fully saturated rings. The highest BCUT2D eigenvalue weighted by Crippen LogP contribution is 2.37. The minimum atomic E-state index is 0.167. The van der Waals surface area contributed by atoms with E-state index in [1.807, 2.05) is 16.8 Å². The van der Waals surface area contributed by atoms with Crippen LogP contribution in [0, 0.1) is 6.92 Å². The maximum Gasteiger partial charge on any atom is 0.222 e. The van der Waals surface area contributed by atoms with E-state index in [1.165, 1.54) is 16.7 Å². The second-order valence-electron chi connectivity index (χ2n) is 6.16. The van der Waals surface area contributed by atoms with Gasteiger partial charge in [-0.15, -0.1) is 0 Å². The monoisotopic (exact) mass is 320 g/mol. The van der Waals surface area contributed by atoms with E-state index in [4.69, 9.17) is 4.74 Å². The average molecular weight is 320 g/mol. The van der Waals surface area contributed by atoms with Crippen LogP contribution in [0.1, 0.15) is 35.2 Å². The summed E-state index contributed by atoms with van der Waals surface area (Å²) in [4.78, 5) is 4.38. The lowest BCUT2D eigenvalue weighted by molar-refractivity contribution is 0.410. The quantitative estimate of drug-likeness (QED) is 0.799. The number of aromatic nitrogens is 3. The van der Waals surface area contributed by atoms with Crippen molar-refractivity contribution < 1.29 is 4.74 Å². The molecule has 1 N–H and O–H groups in total. The Morgan fingerprint density at radius 1 is 1.12 bits per heavy atom. The Morgan fingerprint density at radius 3 is 2.75 bits per heavy atom. The van der Waals surface area contributed by atoms with Gasteiger partial charge in [0.05, 0.1) is 19.2 Å². The number of nitrogens with one attached hydrogen (secondary N) is 1. The van der Waals surface area contributed by atoms with E-state index in [9.17, 15) is 0 Å². The van der Waals surface area contributed by atoms with Crippen LogP contribution in [0.2, 0.25) is 0 Å². The molecule has 4 rings (SSSR count). The van der Waals surface area contributed by atoms with Crippen LogP contribution in [0.4, 0.5) is 5.95 Å². The number of methoxy groups -OCH3 is 1. The summed E-state index contributed by atoms with van der Waals surface area (Å²) in [6.07, 6.45) is 2.52. The van der Waals surface area contributed by atoms with Crippen molar-refractivity contribution in [3.05, 3.63) is 71.5 Å². The number of anilines is 1. The third kappa shape index (κ3) is 2.62. The van der Waals surface area contributed by atoms with Gasteiger partial charge in [-0.25, -0.2) is 4.68 Å². The Morgan fingerprint density at radius 2 is 1.96 bits per heavy atom. The summed E-state index contributed by atoms with van der Waals surface area (Å²) in [6.45, 7) is 2.10. The summed E-state index contributed by atoms with van der Waals surface area (Å²) in [5.74, 6) is 1.67. The molecule has 3 aromatic rings. The molecule has 2 atom stereocenters. The van der Waals surface area contributed by atoms with Crippen molar-refractivity contribution in [3.63, 3.8) is 0 Å². The zero-order valence-electron chi connectivity index (χ0n) is 13.8. The Hall–Kier alpha value is -2.82. The fourth-order valence-corrected chi connectivity index (χ4v) is 3.26. The first-order chi connectivity index (χ1) is 11.7. The van der Waals surface area contributed by atoms with Crippen molar-refractivity contribution in [1.29, 1.82) is 0 Å². The van der Waals surface area contributed by atoms with Crippen LogP contribution in [0.25, 0.3) is 0 Å². The van der Waals surface area contributed by atoms with E-state index < -0.39 is 0 Å². The smallest absolute Gasteiger partial charge is 0.222 e. The van der Waals surface area contributed by atoms with E-state index >= 15 is 0 Å². The SMILES string of the molecule is COc1cccc([C@H]2C[C@H](c3ccc(C)cc3)n3ncnc3N2)c1. The molecule has 24 heavy (non-hydrogen) atoms. The molecule has 5 heteroatoms. The van der Waals surface area contributed by atoms with Crippen LogP contribution in [-0.2, 0) is 0 Å². The van der Waals surface area contributed by atoms with Crippen LogP contribution < -0.4 is 10.1 Å². The molecule has 0 radical (unpaired) electrons. The molecule has 0 saturated carbocycles. The number of ether oxygens (including phenoxy) is 1. The van der Waals surface area contributed by atoms with Crippen molar-refractivity contribution >= 4 is 5.95 Å². The number of rotatable bonds is 3. The second kappa shape index (κ2) is 6.00. The first-order valence-corrected chi connectivity index (χ1v) is 8.11. The third-order valence-electron chi connectivity index (χ3n) is 4.59. The molecule has 0 unspecified atom stereocenters. The topological polar surface area (TPSA) is 52.0 Å². The summed E-state index contributed by atoms with van der Waals surface area (Å²) in [7, 11) is 1.69. The van der Waals surface area contributed by atoms with E-state index in [0.717, 1.165) is 18.1 Å². The van der Waals surface area contributed by atoms with Crippen molar-refractivity contribution in [3.8, 4) is 5.75 Å². The molecule has 122 valence electrons. The predicted molar refractivity (Wildman–Crippen MR) is 93.3 cm³/mol. The largest absolute Gasteiger partial charge is 0.497 e. The van der Waals surface area contributed by atoms with Gasteiger partial charge in [-0.1, -0.05) is 42.0 Å². The van der Waals surface area contributed by atoms with Gasteiger partial charge in [0.1, 0.15) is 12.1 Å². The van der Waals surface area contributed by atoms with Gasteiger partial charge in [0, 0.05) is 0 Å². The summed E-state index contributed by atoms with van der Waals surface area (Å²) in [5.41, 5.74) is 3.71. The standard InChI is InChI=1S/C19H20N4O/c1-13-6-8-14(9-7-13)18-11-17(22-19-20-12-21-23(18)19)15-4-3-5-16(10-15)24-2/h3-10,12,17-18H,11H2,1-2H3,(H,20,21,22)/t17-,18-/m1/s1. The van der Waals surface area contributed by atoms with Gasteiger partial charge in [-0.05, 0) is 36.6 Å². The summed E-state index contributed by atoms with van der Waals surface area (Å²) >= 11 is 0. The van der Waals surface area contributed by atoms with Crippen molar-refractivity contribution in [1.82, 2.24) is 14.8 Å². The molecule has 2 heterocycles. The number of hydrogen-bond acceptors (Lipinski definition) is 4. The number of nitrogens with zero attached hydrogens (tertiary/aromatic N) is 3. The molecule has 0 bridgehead atoms. The zero-order chi connectivity index (χ0) is 16.5. The molecule has 1 aliphatic rings. The Kier molecular flexibility index (Phi) is 3.69. The average Bonchev–Trinajstić information content (AvgIpc) is 3.10. The Balaban J connectivity index is 1.71. The maximum absolute atomic E-state index is 5.36. The van der Waals surface area contributed by atoms with Gasteiger partial charge in [-0.3, -0.25) is 0 Å². The predicted octanol–water partition coefficient (Wildman–Crippen LogP) is 3.74. The lowest BCUT2D eigenvalue weighted by atomic mass is 9.93. The van der Waals surface area contributed by atoms with E-state index in [2.05, 4.69) is 58.7 Å². The minimum absolute atomic E-state index is 0.167.